The van der Waals surface area contributed by atoms with Gasteiger partial charge in [0.1, 0.15) is 0 Å². The van der Waals surface area contributed by atoms with Crippen molar-refractivity contribution in [1.29, 1.82) is 0 Å². The van der Waals surface area contributed by atoms with Crippen LogP contribution in [0.25, 0.3) is 0 Å². The molecule has 0 aliphatic carbocycles. The highest BCUT2D eigenvalue weighted by atomic mass is 16.7. The summed E-state index contributed by atoms with van der Waals surface area (Å²) in [4.78, 5) is 15.6. The normalized spacial score (nSPS) is 26.4. The smallest absolute Gasteiger partial charge is 0.239 e. The fourth-order valence-corrected chi connectivity index (χ4v) is 5.36. The molecule has 0 radical (unpaired) electrons. The van der Waals surface area contributed by atoms with Crippen LogP contribution in [0.3, 0.4) is 0 Å². The van der Waals surface area contributed by atoms with E-state index in [1.807, 2.05) is 60.5 Å². The first-order valence-corrected chi connectivity index (χ1v) is 10.3. The first-order valence-electron chi connectivity index (χ1n) is 10.3. The van der Waals surface area contributed by atoms with Gasteiger partial charge in [-0.1, -0.05) is 54.6 Å². The predicted molar refractivity (Wildman–Crippen MR) is 114 cm³/mol. The summed E-state index contributed by atoms with van der Waals surface area (Å²) in [6.45, 7) is 0.254. The van der Waals surface area contributed by atoms with Gasteiger partial charge in [-0.3, -0.25) is 4.79 Å². The molecular formula is C25H22N2O3. The molecule has 1 saturated heterocycles. The second kappa shape index (κ2) is 6.34. The maximum absolute atomic E-state index is 13.8. The molecule has 1 fully saturated rings. The van der Waals surface area contributed by atoms with Gasteiger partial charge in [-0.25, -0.2) is 0 Å². The molecule has 3 heterocycles. The zero-order valence-corrected chi connectivity index (χ0v) is 16.7. The van der Waals surface area contributed by atoms with E-state index in [0.29, 0.717) is 6.42 Å². The molecule has 0 saturated carbocycles. The number of ether oxygens (including phenoxy) is 2. The molecule has 3 aliphatic rings. The maximum Gasteiger partial charge on any atom is 0.239 e. The number of hydrogen-bond donors (Lipinski definition) is 1. The number of nitrogens with zero attached hydrogens (tertiary/aromatic N) is 1. The lowest BCUT2D eigenvalue weighted by molar-refractivity contribution is -0.123. The summed E-state index contributed by atoms with van der Waals surface area (Å²) >= 11 is 0. The van der Waals surface area contributed by atoms with Gasteiger partial charge in [0.2, 0.25) is 12.7 Å². The third-order valence-corrected chi connectivity index (χ3v) is 6.75. The van der Waals surface area contributed by atoms with Gasteiger partial charge in [0.25, 0.3) is 0 Å². The summed E-state index contributed by atoms with van der Waals surface area (Å²) in [6, 6.07) is 24.4. The summed E-state index contributed by atoms with van der Waals surface area (Å²) in [5, 5.41) is 3.80. The van der Waals surface area contributed by atoms with Crippen LogP contribution >= 0.6 is 0 Å². The molecule has 1 amide bonds. The van der Waals surface area contributed by atoms with Gasteiger partial charge in [0.05, 0.1) is 11.5 Å². The molecule has 0 bridgehead atoms. The van der Waals surface area contributed by atoms with E-state index >= 15 is 0 Å². The van der Waals surface area contributed by atoms with Crippen LogP contribution in [-0.4, -0.2) is 19.7 Å². The van der Waals surface area contributed by atoms with E-state index in [0.717, 1.165) is 33.9 Å². The Kier molecular flexibility index (Phi) is 3.71. The highest BCUT2D eigenvalue weighted by Gasteiger charge is 2.59. The Morgan fingerprint density at radius 3 is 2.57 bits per heavy atom. The minimum absolute atomic E-state index is 0.0215. The van der Waals surface area contributed by atoms with Gasteiger partial charge in [0, 0.05) is 18.8 Å². The monoisotopic (exact) mass is 398 g/mol. The molecule has 5 nitrogen and oxygen atoms in total. The zero-order chi connectivity index (χ0) is 20.3. The van der Waals surface area contributed by atoms with E-state index in [2.05, 4.69) is 29.6 Å². The summed E-state index contributed by atoms with van der Waals surface area (Å²) in [5.41, 5.74) is 3.68. The molecule has 0 unspecified atom stereocenters. The van der Waals surface area contributed by atoms with Crippen LogP contribution in [0.2, 0.25) is 0 Å². The third-order valence-electron chi connectivity index (χ3n) is 6.75. The molecule has 6 rings (SSSR count). The van der Waals surface area contributed by atoms with Crippen LogP contribution < -0.4 is 19.7 Å². The van der Waals surface area contributed by atoms with E-state index in [1.165, 1.54) is 0 Å². The lowest BCUT2D eigenvalue weighted by atomic mass is 9.72. The lowest BCUT2D eigenvalue weighted by Crippen LogP contribution is -2.42. The zero-order valence-electron chi connectivity index (χ0n) is 16.7. The minimum Gasteiger partial charge on any atom is -0.454 e. The number of hydrogen-bond acceptors (Lipinski definition) is 4. The lowest BCUT2D eigenvalue weighted by Gasteiger charge is -2.30. The highest BCUT2D eigenvalue weighted by Crippen LogP contribution is 2.57. The summed E-state index contributed by atoms with van der Waals surface area (Å²) in [6.07, 6.45) is 0.687. The fourth-order valence-electron chi connectivity index (χ4n) is 5.36. The number of nitrogens with one attached hydrogen (secondary N) is 1. The van der Waals surface area contributed by atoms with Crippen molar-refractivity contribution in [1.82, 2.24) is 5.32 Å². The SMILES string of the molecule is CN1C(=O)[C@@]2(C[C@H](c3ccc4c(c3)OCO4)N[C@@H]2c2ccccc2)c2ccccc21. The number of rotatable bonds is 2. The second-order valence-electron chi connectivity index (χ2n) is 8.23. The first kappa shape index (κ1) is 17.5. The van der Waals surface area contributed by atoms with Crippen molar-refractivity contribution in [3.05, 3.63) is 89.5 Å². The largest absolute Gasteiger partial charge is 0.454 e. The molecule has 3 atom stereocenters. The Morgan fingerprint density at radius 1 is 0.933 bits per heavy atom. The highest BCUT2D eigenvalue weighted by molar-refractivity contribution is 6.08. The van der Waals surface area contributed by atoms with Crippen LogP contribution in [0.1, 0.15) is 35.2 Å². The van der Waals surface area contributed by atoms with Crippen LogP contribution in [0.4, 0.5) is 5.69 Å². The maximum atomic E-state index is 13.8. The van der Waals surface area contributed by atoms with E-state index in [-0.39, 0.29) is 24.8 Å². The van der Waals surface area contributed by atoms with Crippen molar-refractivity contribution in [3.63, 3.8) is 0 Å². The van der Waals surface area contributed by atoms with Gasteiger partial charge in [0.15, 0.2) is 11.5 Å². The van der Waals surface area contributed by atoms with Crippen molar-refractivity contribution in [2.75, 3.05) is 18.7 Å². The van der Waals surface area contributed by atoms with Gasteiger partial charge < -0.3 is 19.7 Å². The second-order valence-corrected chi connectivity index (χ2v) is 8.23. The Hall–Kier alpha value is -3.31. The van der Waals surface area contributed by atoms with Crippen molar-refractivity contribution in [2.45, 2.75) is 23.9 Å². The van der Waals surface area contributed by atoms with Crippen molar-refractivity contribution >= 4 is 11.6 Å². The first-order chi connectivity index (χ1) is 14.7. The summed E-state index contributed by atoms with van der Waals surface area (Å²) in [5.74, 6) is 1.68. The van der Waals surface area contributed by atoms with Crippen molar-refractivity contribution < 1.29 is 14.3 Å². The van der Waals surface area contributed by atoms with Crippen LogP contribution in [-0.2, 0) is 10.2 Å². The number of likely N-dealkylation sites (N-methyl/N-ethyl adjacent to an activating group) is 1. The molecule has 1 N–H and O–H groups in total. The Morgan fingerprint density at radius 2 is 1.70 bits per heavy atom. The predicted octanol–water partition coefficient (Wildman–Crippen LogP) is 4.11. The quantitative estimate of drug-likeness (QED) is 0.706. The number of fused-ring (bicyclic) bond motifs is 3. The average Bonchev–Trinajstić information content (AvgIpc) is 3.48. The molecule has 3 aromatic rings. The molecule has 1 spiro atoms. The van der Waals surface area contributed by atoms with E-state index < -0.39 is 5.41 Å². The average molecular weight is 398 g/mol. The van der Waals surface area contributed by atoms with Gasteiger partial charge in [-0.15, -0.1) is 0 Å². The molecule has 3 aliphatic heterocycles. The summed E-state index contributed by atoms with van der Waals surface area (Å²) in [7, 11) is 1.88. The number of anilines is 1. The Balaban J connectivity index is 1.50. The van der Waals surface area contributed by atoms with Crippen LogP contribution in [0, 0.1) is 0 Å². The molecule has 150 valence electrons. The molecule has 30 heavy (non-hydrogen) atoms. The molecular weight excluding hydrogens is 376 g/mol. The number of para-hydroxylation sites is 1. The molecule has 3 aromatic carbocycles. The Labute approximate surface area is 175 Å². The topological polar surface area (TPSA) is 50.8 Å². The van der Waals surface area contributed by atoms with Crippen LogP contribution in [0.15, 0.2) is 72.8 Å². The molecule has 5 heteroatoms. The van der Waals surface area contributed by atoms with E-state index in [4.69, 9.17) is 9.47 Å². The van der Waals surface area contributed by atoms with Gasteiger partial charge in [-0.05, 0) is 41.3 Å². The summed E-state index contributed by atoms with van der Waals surface area (Å²) < 4.78 is 11.1. The third kappa shape index (κ3) is 2.30. The molecule has 0 aromatic heterocycles. The van der Waals surface area contributed by atoms with Gasteiger partial charge in [-0.2, -0.15) is 0 Å². The van der Waals surface area contributed by atoms with E-state index in [1.54, 1.807) is 0 Å². The Bertz CT molecular complexity index is 1150. The number of amides is 1. The fraction of sp³-hybridized carbons (Fsp3) is 0.240. The standard InChI is InChI=1S/C25H22N2O3/c1-27-20-10-6-5-9-18(20)25(24(27)28)14-19(26-23(25)16-7-3-2-4-8-16)17-11-12-21-22(13-17)30-15-29-21/h2-13,19,23,26H,14-15H2,1H3/t19-,23-,25+/m1/s1. The van der Waals surface area contributed by atoms with Crippen LogP contribution in [0.5, 0.6) is 11.5 Å². The number of carbonyl (C=O) groups excluding carboxylic acids is 1. The number of carbonyl (C=O) groups is 1. The van der Waals surface area contributed by atoms with E-state index in [9.17, 15) is 4.79 Å². The minimum atomic E-state index is -0.645. The van der Waals surface area contributed by atoms with Crippen molar-refractivity contribution in [2.24, 2.45) is 0 Å². The number of benzene rings is 3. The van der Waals surface area contributed by atoms with Gasteiger partial charge >= 0.3 is 0 Å². The van der Waals surface area contributed by atoms with Crippen molar-refractivity contribution in [3.8, 4) is 11.5 Å².